The van der Waals surface area contributed by atoms with Crippen LogP contribution < -0.4 is 10.1 Å². The summed E-state index contributed by atoms with van der Waals surface area (Å²) in [5.41, 5.74) is 1.90. The van der Waals surface area contributed by atoms with E-state index in [1.165, 1.54) is 0 Å². The standard InChI is InChI=1S/C18H23N3O2/c1-5-23-15-9-7-6-8-12(15)13-10-16(22)20-17-14(13)11-19-21(17)18(2,3)4/h6-9,11,13H,5,10H2,1-4H3,(H,20,22)/t13-/m1/s1. The highest BCUT2D eigenvalue weighted by atomic mass is 16.5. The Kier molecular flexibility index (Phi) is 3.88. The molecule has 1 atom stereocenters. The van der Waals surface area contributed by atoms with Crippen molar-refractivity contribution in [1.29, 1.82) is 0 Å². The van der Waals surface area contributed by atoms with Gasteiger partial charge < -0.3 is 10.1 Å². The molecule has 1 aromatic heterocycles. The predicted octanol–water partition coefficient (Wildman–Crippen LogP) is 3.51. The lowest BCUT2D eigenvalue weighted by Gasteiger charge is -2.28. The first-order valence-electron chi connectivity index (χ1n) is 8.01. The van der Waals surface area contributed by atoms with E-state index in [0.717, 1.165) is 22.7 Å². The van der Waals surface area contributed by atoms with E-state index >= 15 is 0 Å². The number of hydrogen-bond donors (Lipinski definition) is 1. The molecule has 1 aliphatic heterocycles. The monoisotopic (exact) mass is 313 g/mol. The van der Waals surface area contributed by atoms with Crippen LogP contribution in [-0.4, -0.2) is 22.3 Å². The molecule has 1 amide bonds. The Labute approximate surface area is 136 Å². The fourth-order valence-electron chi connectivity index (χ4n) is 3.06. The van der Waals surface area contributed by atoms with Gasteiger partial charge in [-0.3, -0.25) is 4.79 Å². The van der Waals surface area contributed by atoms with E-state index in [-0.39, 0.29) is 17.4 Å². The second-order valence-corrected chi connectivity index (χ2v) is 6.81. The molecule has 2 aromatic rings. The van der Waals surface area contributed by atoms with Gasteiger partial charge in [-0.15, -0.1) is 0 Å². The molecule has 1 N–H and O–H groups in total. The molecule has 2 heterocycles. The minimum absolute atomic E-state index is 0.0137. The molecule has 3 rings (SSSR count). The van der Waals surface area contributed by atoms with Gasteiger partial charge in [0, 0.05) is 23.5 Å². The number of amides is 1. The molecule has 5 heteroatoms. The predicted molar refractivity (Wildman–Crippen MR) is 89.9 cm³/mol. The van der Waals surface area contributed by atoms with Gasteiger partial charge >= 0.3 is 0 Å². The number of benzene rings is 1. The van der Waals surface area contributed by atoms with Crippen molar-refractivity contribution in [3.63, 3.8) is 0 Å². The second-order valence-electron chi connectivity index (χ2n) is 6.81. The number of hydrogen-bond acceptors (Lipinski definition) is 3. The number of aromatic nitrogens is 2. The van der Waals surface area contributed by atoms with Crippen molar-refractivity contribution in [2.24, 2.45) is 0 Å². The van der Waals surface area contributed by atoms with Gasteiger partial charge in [-0.25, -0.2) is 4.68 Å². The smallest absolute Gasteiger partial charge is 0.226 e. The summed E-state index contributed by atoms with van der Waals surface area (Å²) in [7, 11) is 0. The first kappa shape index (κ1) is 15.6. The number of anilines is 1. The number of carbonyl (C=O) groups excluding carboxylic acids is 1. The number of rotatable bonds is 3. The molecule has 0 aliphatic carbocycles. The molecule has 0 bridgehead atoms. The minimum Gasteiger partial charge on any atom is -0.494 e. The Hall–Kier alpha value is -2.30. The molecule has 0 radical (unpaired) electrons. The van der Waals surface area contributed by atoms with Crippen molar-refractivity contribution in [3.05, 3.63) is 41.6 Å². The first-order valence-corrected chi connectivity index (χ1v) is 8.01. The molecule has 0 saturated carbocycles. The summed E-state index contributed by atoms with van der Waals surface area (Å²) < 4.78 is 7.64. The first-order chi connectivity index (χ1) is 10.9. The average Bonchev–Trinajstić information content (AvgIpc) is 2.91. The van der Waals surface area contributed by atoms with Crippen molar-refractivity contribution >= 4 is 11.7 Å². The molecular weight excluding hydrogens is 290 g/mol. The zero-order valence-electron chi connectivity index (χ0n) is 14.1. The lowest BCUT2D eigenvalue weighted by Crippen LogP contribution is -2.30. The molecule has 1 aliphatic rings. The van der Waals surface area contributed by atoms with Crippen molar-refractivity contribution in [2.75, 3.05) is 11.9 Å². The maximum atomic E-state index is 12.3. The Bertz CT molecular complexity index is 728. The van der Waals surface area contributed by atoms with Crippen LogP contribution in [0.4, 0.5) is 5.82 Å². The summed E-state index contributed by atoms with van der Waals surface area (Å²) in [6.07, 6.45) is 2.28. The normalized spacial score (nSPS) is 17.6. The summed E-state index contributed by atoms with van der Waals surface area (Å²) in [6.45, 7) is 8.79. The zero-order valence-corrected chi connectivity index (χ0v) is 14.1. The minimum atomic E-state index is -0.192. The summed E-state index contributed by atoms with van der Waals surface area (Å²) in [5.74, 6) is 1.62. The zero-order chi connectivity index (χ0) is 16.6. The van der Waals surface area contributed by atoms with E-state index in [1.54, 1.807) is 0 Å². The number of ether oxygens (including phenoxy) is 1. The van der Waals surface area contributed by atoms with Gasteiger partial charge in [0.25, 0.3) is 0 Å². The lowest BCUT2D eigenvalue weighted by atomic mass is 9.86. The third kappa shape index (κ3) is 2.83. The highest BCUT2D eigenvalue weighted by Gasteiger charge is 2.33. The number of nitrogens with zero attached hydrogens (tertiary/aromatic N) is 2. The van der Waals surface area contributed by atoms with Gasteiger partial charge in [0.1, 0.15) is 11.6 Å². The summed E-state index contributed by atoms with van der Waals surface area (Å²) in [4.78, 5) is 12.3. The van der Waals surface area contributed by atoms with Gasteiger partial charge in [-0.1, -0.05) is 18.2 Å². The molecular formula is C18H23N3O2. The number of fused-ring (bicyclic) bond motifs is 1. The quantitative estimate of drug-likeness (QED) is 0.943. The van der Waals surface area contributed by atoms with Crippen LogP contribution in [0.15, 0.2) is 30.5 Å². The van der Waals surface area contributed by atoms with Crippen LogP contribution in [0, 0.1) is 0 Å². The fourth-order valence-corrected chi connectivity index (χ4v) is 3.06. The Morgan fingerprint density at radius 3 is 2.74 bits per heavy atom. The summed E-state index contributed by atoms with van der Waals surface area (Å²) in [6, 6.07) is 7.93. The number of nitrogens with one attached hydrogen (secondary N) is 1. The summed E-state index contributed by atoms with van der Waals surface area (Å²) in [5, 5.41) is 7.50. The third-order valence-electron chi connectivity index (χ3n) is 4.05. The Morgan fingerprint density at radius 1 is 1.30 bits per heavy atom. The number of carbonyl (C=O) groups is 1. The topological polar surface area (TPSA) is 56.1 Å². The Morgan fingerprint density at radius 2 is 2.04 bits per heavy atom. The summed E-state index contributed by atoms with van der Waals surface area (Å²) >= 11 is 0. The van der Waals surface area contributed by atoms with E-state index in [2.05, 4.69) is 31.2 Å². The Balaban J connectivity index is 2.10. The lowest BCUT2D eigenvalue weighted by molar-refractivity contribution is -0.116. The van der Waals surface area contributed by atoms with Crippen LogP contribution in [0.1, 0.15) is 51.2 Å². The van der Waals surface area contributed by atoms with E-state index in [0.29, 0.717) is 13.0 Å². The van der Waals surface area contributed by atoms with E-state index in [4.69, 9.17) is 4.74 Å². The molecule has 1 aromatic carbocycles. The second kappa shape index (κ2) is 5.72. The molecule has 23 heavy (non-hydrogen) atoms. The van der Waals surface area contributed by atoms with E-state index < -0.39 is 0 Å². The van der Waals surface area contributed by atoms with Gasteiger partial charge in [-0.05, 0) is 33.8 Å². The van der Waals surface area contributed by atoms with Gasteiger partial charge in [0.05, 0.1) is 18.3 Å². The van der Waals surface area contributed by atoms with Crippen LogP contribution >= 0.6 is 0 Å². The molecule has 122 valence electrons. The van der Waals surface area contributed by atoms with Gasteiger partial charge in [0.15, 0.2) is 0 Å². The molecule has 0 fully saturated rings. The molecule has 0 saturated heterocycles. The number of para-hydroxylation sites is 1. The fraction of sp³-hybridized carbons (Fsp3) is 0.444. The average molecular weight is 313 g/mol. The van der Waals surface area contributed by atoms with Crippen molar-refractivity contribution in [3.8, 4) is 5.75 Å². The van der Waals surface area contributed by atoms with Crippen molar-refractivity contribution < 1.29 is 9.53 Å². The highest BCUT2D eigenvalue weighted by molar-refractivity contribution is 5.94. The molecule has 5 nitrogen and oxygen atoms in total. The molecule has 0 spiro atoms. The van der Waals surface area contributed by atoms with Crippen molar-refractivity contribution in [1.82, 2.24) is 9.78 Å². The maximum Gasteiger partial charge on any atom is 0.226 e. The van der Waals surface area contributed by atoms with Gasteiger partial charge in [0.2, 0.25) is 5.91 Å². The third-order valence-corrected chi connectivity index (χ3v) is 4.05. The van der Waals surface area contributed by atoms with Gasteiger partial charge in [-0.2, -0.15) is 5.10 Å². The van der Waals surface area contributed by atoms with Crippen LogP contribution in [-0.2, 0) is 10.3 Å². The SMILES string of the molecule is CCOc1ccccc1[C@H]1CC(=O)Nc2c1cnn2C(C)(C)C. The van der Waals surface area contributed by atoms with Crippen LogP contribution in [0.3, 0.4) is 0 Å². The highest BCUT2D eigenvalue weighted by Crippen LogP contribution is 2.41. The van der Waals surface area contributed by atoms with Crippen LogP contribution in [0.5, 0.6) is 5.75 Å². The van der Waals surface area contributed by atoms with Crippen LogP contribution in [0.2, 0.25) is 0 Å². The van der Waals surface area contributed by atoms with Crippen molar-refractivity contribution in [2.45, 2.75) is 45.6 Å². The maximum absolute atomic E-state index is 12.3. The van der Waals surface area contributed by atoms with E-state index in [1.807, 2.05) is 42.1 Å². The molecule has 0 unspecified atom stereocenters. The van der Waals surface area contributed by atoms with Crippen LogP contribution in [0.25, 0.3) is 0 Å². The van der Waals surface area contributed by atoms with E-state index in [9.17, 15) is 4.79 Å². The largest absolute Gasteiger partial charge is 0.494 e.